The smallest absolute Gasteiger partial charge is 0.258 e. The molecule has 4 aromatic rings. The number of ether oxygens (including phenoxy) is 3. The SMILES string of the molecule is COc1ccccc1OCCCn1c(C(C)NC(=O)COc2ccccc2)nc2ccccc21. The van der Waals surface area contributed by atoms with E-state index in [9.17, 15) is 4.79 Å². The van der Waals surface area contributed by atoms with Gasteiger partial charge in [0, 0.05) is 6.54 Å². The molecule has 0 bridgehead atoms. The third-order valence-electron chi connectivity index (χ3n) is 5.41. The van der Waals surface area contributed by atoms with Gasteiger partial charge in [0.25, 0.3) is 5.91 Å². The van der Waals surface area contributed by atoms with Gasteiger partial charge in [-0.3, -0.25) is 4.79 Å². The van der Waals surface area contributed by atoms with Gasteiger partial charge < -0.3 is 24.1 Å². The van der Waals surface area contributed by atoms with Crippen LogP contribution in [0.15, 0.2) is 78.9 Å². The molecule has 0 fully saturated rings. The number of rotatable bonds is 11. The highest BCUT2D eigenvalue weighted by Crippen LogP contribution is 2.26. The van der Waals surface area contributed by atoms with E-state index in [4.69, 9.17) is 19.2 Å². The van der Waals surface area contributed by atoms with Crippen molar-refractivity contribution in [3.05, 3.63) is 84.7 Å². The zero-order valence-corrected chi connectivity index (χ0v) is 19.4. The van der Waals surface area contributed by atoms with E-state index in [1.165, 1.54) is 0 Å². The predicted octanol–water partition coefficient (Wildman–Crippen LogP) is 4.77. The number of carbonyl (C=O) groups excluding carboxylic acids is 1. The van der Waals surface area contributed by atoms with Crippen LogP contribution in [-0.2, 0) is 11.3 Å². The largest absolute Gasteiger partial charge is 0.493 e. The van der Waals surface area contributed by atoms with Crippen LogP contribution in [0.1, 0.15) is 25.2 Å². The number of aryl methyl sites for hydroxylation is 1. The summed E-state index contributed by atoms with van der Waals surface area (Å²) >= 11 is 0. The van der Waals surface area contributed by atoms with Gasteiger partial charge in [-0.25, -0.2) is 4.98 Å². The van der Waals surface area contributed by atoms with Crippen LogP contribution in [0.3, 0.4) is 0 Å². The summed E-state index contributed by atoms with van der Waals surface area (Å²) in [5.41, 5.74) is 1.92. The Balaban J connectivity index is 1.40. The van der Waals surface area contributed by atoms with E-state index in [-0.39, 0.29) is 18.6 Å². The monoisotopic (exact) mass is 459 g/mol. The van der Waals surface area contributed by atoms with E-state index in [2.05, 4.69) is 9.88 Å². The molecule has 3 aromatic carbocycles. The molecule has 176 valence electrons. The summed E-state index contributed by atoms with van der Waals surface area (Å²) in [5, 5.41) is 3.00. The van der Waals surface area contributed by atoms with Gasteiger partial charge in [-0.1, -0.05) is 42.5 Å². The van der Waals surface area contributed by atoms with Crippen LogP contribution < -0.4 is 19.5 Å². The average Bonchev–Trinajstić information content (AvgIpc) is 3.25. The molecular formula is C27H29N3O4. The van der Waals surface area contributed by atoms with Crippen molar-refractivity contribution >= 4 is 16.9 Å². The number of nitrogens with one attached hydrogen (secondary N) is 1. The number of amides is 1. The number of fused-ring (bicyclic) bond motifs is 1. The highest BCUT2D eigenvalue weighted by molar-refractivity contribution is 5.79. The summed E-state index contributed by atoms with van der Waals surface area (Å²) in [6.45, 7) is 3.11. The first-order valence-corrected chi connectivity index (χ1v) is 11.3. The van der Waals surface area contributed by atoms with Crippen molar-refractivity contribution in [1.29, 1.82) is 0 Å². The predicted molar refractivity (Wildman–Crippen MR) is 131 cm³/mol. The summed E-state index contributed by atoms with van der Waals surface area (Å²) in [5.74, 6) is 2.69. The third-order valence-corrected chi connectivity index (χ3v) is 5.41. The fourth-order valence-electron chi connectivity index (χ4n) is 3.82. The number of imidazole rings is 1. The Kier molecular flexibility index (Phi) is 7.65. The molecule has 7 heteroatoms. The molecule has 1 N–H and O–H groups in total. The fourth-order valence-corrected chi connectivity index (χ4v) is 3.82. The van der Waals surface area contributed by atoms with Crippen molar-refractivity contribution in [2.24, 2.45) is 0 Å². The maximum Gasteiger partial charge on any atom is 0.258 e. The number of aromatic nitrogens is 2. The van der Waals surface area contributed by atoms with Gasteiger partial charge in [0.2, 0.25) is 0 Å². The molecule has 0 saturated heterocycles. The Hall–Kier alpha value is -4.00. The minimum Gasteiger partial charge on any atom is -0.493 e. The van der Waals surface area contributed by atoms with Crippen molar-refractivity contribution < 1.29 is 19.0 Å². The minimum absolute atomic E-state index is 0.0542. The lowest BCUT2D eigenvalue weighted by Gasteiger charge is -2.17. The van der Waals surface area contributed by atoms with E-state index in [0.29, 0.717) is 24.7 Å². The van der Waals surface area contributed by atoms with Crippen LogP contribution in [0.4, 0.5) is 0 Å². The van der Waals surface area contributed by atoms with Crippen LogP contribution in [0.5, 0.6) is 17.2 Å². The Morgan fingerprint density at radius 3 is 2.44 bits per heavy atom. The number of carbonyl (C=O) groups is 1. The van der Waals surface area contributed by atoms with Gasteiger partial charge in [0.05, 0.1) is 30.8 Å². The lowest BCUT2D eigenvalue weighted by Crippen LogP contribution is -2.32. The normalized spacial score (nSPS) is 11.7. The second kappa shape index (κ2) is 11.2. The number of methoxy groups -OCH3 is 1. The first-order chi connectivity index (χ1) is 16.7. The molecular weight excluding hydrogens is 430 g/mol. The Morgan fingerprint density at radius 2 is 1.65 bits per heavy atom. The standard InChI is InChI=1S/C27H29N3O4/c1-20(28-26(31)19-34-21-11-4-3-5-12-21)27-29-22-13-6-7-14-23(22)30(27)17-10-18-33-25-16-9-8-15-24(25)32-2/h3-9,11-16,20H,10,17-19H2,1-2H3,(H,28,31). The number of hydrogen-bond donors (Lipinski definition) is 1. The van der Waals surface area contributed by atoms with Gasteiger partial charge in [-0.05, 0) is 49.7 Å². The Bertz CT molecular complexity index is 1220. The highest BCUT2D eigenvalue weighted by Gasteiger charge is 2.18. The molecule has 1 atom stereocenters. The maximum atomic E-state index is 12.5. The molecule has 0 aliphatic heterocycles. The molecule has 0 aliphatic rings. The van der Waals surface area contributed by atoms with Crippen LogP contribution in [0.2, 0.25) is 0 Å². The van der Waals surface area contributed by atoms with Gasteiger partial charge in [0.15, 0.2) is 18.1 Å². The zero-order chi connectivity index (χ0) is 23.8. The molecule has 0 spiro atoms. The van der Waals surface area contributed by atoms with Crippen LogP contribution in [-0.4, -0.2) is 35.8 Å². The first-order valence-electron chi connectivity index (χ1n) is 11.3. The van der Waals surface area contributed by atoms with Crippen molar-refractivity contribution in [3.63, 3.8) is 0 Å². The Labute approximate surface area is 199 Å². The molecule has 1 heterocycles. The summed E-state index contributed by atoms with van der Waals surface area (Å²) in [6, 6.07) is 24.6. The summed E-state index contributed by atoms with van der Waals surface area (Å²) in [4.78, 5) is 17.3. The highest BCUT2D eigenvalue weighted by atomic mass is 16.5. The summed E-state index contributed by atoms with van der Waals surface area (Å²) in [7, 11) is 1.63. The first kappa shape index (κ1) is 23.2. The minimum atomic E-state index is -0.283. The van der Waals surface area contributed by atoms with Crippen LogP contribution in [0.25, 0.3) is 11.0 Å². The molecule has 0 saturated carbocycles. The summed E-state index contributed by atoms with van der Waals surface area (Å²) < 4.78 is 19.0. The topological polar surface area (TPSA) is 74.6 Å². The number of nitrogens with zero attached hydrogens (tertiary/aromatic N) is 2. The number of benzene rings is 3. The second-order valence-electron chi connectivity index (χ2n) is 7.85. The van der Waals surface area contributed by atoms with E-state index in [1.54, 1.807) is 7.11 Å². The van der Waals surface area contributed by atoms with Crippen molar-refractivity contribution in [2.45, 2.75) is 25.9 Å². The molecule has 1 amide bonds. The van der Waals surface area contributed by atoms with E-state index >= 15 is 0 Å². The van der Waals surface area contributed by atoms with Gasteiger partial charge in [0.1, 0.15) is 11.6 Å². The van der Waals surface area contributed by atoms with E-state index < -0.39 is 0 Å². The van der Waals surface area contributed by atoms with Gasteiger partial charge >= 0.3 is 0 Å². The number of para-hydroxylation sites is 5. The van der Waals surface area contributed by atoms with Crippen LogP contribution >= 0.6 is 0 Å². The quantitative estimate of drug-likeness (QED) is 0.327. The summed E-state index contributed by atoms with van der Waals surface area (Å²) in [6.07, 6.45) is 0.767. The molecule has 4 rings (SSSR count). The lowest BCUT2D eigenvalue weighted by molar-refractivity contribution is -0.123. The molecule has 1 aromatic heterocycles. The average molecular weight is 460 g/mol. The van der Waals surface area contributed by atoms with Gasteiger partial charge in [-0.15, -0.1) is 0 Å². The number of hydrogen-bond acceptors (Lipinski definition) is 5. The third kappa shape index (κ3) is 5.67. The zero-order valence-electron chi connectivity index (χ0n) is 19.4. The van der Waals surface area contributed by atoms with Crippen molar-refractivity contribution in [1.82, 2.24) is 14.9 Å². The maximum absolute atomic E-state index is 12.5. The van der Waals surface area contributed by atoms with Crippen molar-refractivity contribution in [2.75, 3.05) is 20.3 Å². The van der Waals surface area contributed by atoms with Crippen molar-refractivity contribution in [3.8, 4) is 17.2 Å². The fraction of sp³-hybridized carbons (Fsp3) is 0.259. The van der Waals surface area contributed by atoms with Crippen LogP contribution in [0, 0.1) is 0 Å². The van der Waals surface area contributed by atoms with Gasteiger partial charge in [-0.2, -0.15) is 0 Å². The molecule has 0 radical (unpaired) electrons. The molecule has 7 nitrogen and oxygen atoms in total. The molecule has 1 unspecified atom stereocenters. The molecule has 0 aliphatic carbocycles. The molecule has 34 heavy (non-hydrogen) atoms. The Morgan fingerprint density at radius 1 is 0.941 bits per heavy atom. The van der Waals surface area contributed by atoms with E-state index in [1.807, 2.05) is 85.8 Å². The second-order valence-corrected chi connectivity index (χ2v) is 7.85. The lowest BCUT2D eigenvalue weighted by atomic mass is 10.3. The van der Waals surface area contributed by atoms with E-state index in [0.717, 1.165) is 29.0 Å².